The fourth-order valence-corrected chi connectivity index (χ4v) is 3.24. The Morgan fingerprint density at radius 1 is 1.41 bits per heavy atom. The summed E-state index contributed by atoms with van der Waals surface area (Å²) in [5.74, 6) is -0.843. The summed E-state index contributed by atoms with van der Waals surface area (Å²) in [6.07, 6.45) is -1.29. The monoisotopic (exact) mass is 431 g/mol. The van der Waals surface area contributed by atoms with E-state index in [9.17, 15) is 18.0 Å². The Kier molecular flexibility index (Phi) is 7.15. The van der Waals surface area contributed by atoms with Crippen LogP contribution in [0.15, 0.2) is 30.5 Å². The third-order valence-electron chi connectivity index (χ3n) is 4.41. The summed E-state index contributed by atoms with van der Waals surface area (Å²) in [7, 11) is 0. The fourth-order valence-electron chi connectivity index (χ4n) is 3.05. The highest BCUT2D eigenvalue weighted by molar-refractivity contribution is 6.30. The number of amides is 1. The van der Waals surface area contributed by atoms with E-state index in [4.69, 9.17) is 21.1 Å². The molecule has 0 spiro atoms. The number of ether oxygens (including phenoxy) is 2. The number of carbonyl (C=O) groups excluding carboxylic acids is 1. The molecule has 3 rings (SSSR count). The minimum Gasteiger partial charge on any atom is -0.379 e. The normalized spacial score (nSPS) is 16.9. The van der Waals surface area contributed by atoms with E-state index in [-0.39, 0.29) is 23.4 Å². The Bertz CT molecular complexity index is 836. The Morgan fingerprint density at radius 2 is 2.24 bits per heavy atom. The van der Waals surface area contributed by atoms with Gasteiger partial charge in [0.25, 0.3) is 5.91 Å². The molecule has 6 nitrogen and oxygen atoms in total. The maximum absolute atomic E-state index is 13.6. The Balaban J connectivity index is 1.59. The SMILES string of the molecule is O=C(NCCCOCC1CCCO1)c1cnn(-c2cccc(Cl)c2)c1C(F)(F)F. The largest absolute Gasteiger partial charge is 0.434 e. The molecule has 158 valence electrons. The van der Waals surface area contributed by atoms with Crippen molar-refractivity contribution in [3.63, 3.8) is 0 Å². The molecule has 1 saturated heterocycles. The molecule has 1 aliphatic heterocycles. The molecule has 1 unspecified atom stereocenters. The predicted molar refractivity (Wildman–Crippen MR) is 100 cm³/mol. The van der Waals surface area contributed by atoms with Gasteiger partial charge in [-0.2, -0.15) is 18.3 Å². The maximum Gasteiger partial charge on any atom is 0.434 e. The van der Waals surface area contributed by atoms with Gasteiger partial charge in [0.2, 0.25) is 0 Å². The van der Waals surface area contributed by atoms with E-state index in [0.29, 0.717) is 24.3 Å². The van der Waals surface area contributed by atoms with Crippen LogP contribution >= 0.6 is 11.6 Å². The first-order valence-electron chi connectivity index (χ1n) is 9.25. The highest BCUT2D eigenvalue weighted by Gasteiger charge is 2.40. The van der Waals surface area contributed by atoms with Crippen LogP contribution in [0, 0.1) is 0 Å². The number of hydrogen-bond acceptors (Lipinski definition) is 4. The average molecular weight is 432 g/mol. The Morgan fingerprint density at radius 3 is 2.93 bits per heavy atom. The topological polar surface area (TPSA) is 65.4 Å². The van der Waals surface area contributed by atoms with Crippen LogP contribution in [0.5, 0.6) is 0 Å². The van der Waals surface area contributed by atoms with Gasteiger partial charge in [0.15, 0.2) is 5.69 Å². The molecular formula is C19H21ClF3N3O3. The van der Waals surface area contributed by atoms with Crippen molar-refractivity contribution in [2.45, 2.75) is 31.5 Å². The quantitative estimate of drug-likeness (QED) is 0.645. The van der Waals surface area contributed by atoms with Crippen molar-refractivity contribution in [1.82, 2.24) is 15.1 Å². The zero-order valence-corrected chi connectivity index (χ0v) is 16.3. The highest BCUT2D eigenvalue weighted by Crippen LogP contribution is 2.34. The first kappa shape index (κ1) is 21.6. The molecule has 2 aromatic rings. The first-order chi connectivity index (χ1) is 13.9. The third-order valence-corrected chi connectivity index (χ3v) is 4.65. The van der Waals surface area contributed by atoms with Gasteiger partial charge in [0.05, 0.1) is 30.2 Å². The van der Waals surface area contributed by atoms with Gasteiger partial charge < -0.3 is 14.8 Å². The van der Waals surface area contributed by atoms with Gasteiger partial charge in [-0.3, -0.25) is 4.79 Å². The second kappa shape index (κ2) is 9.60. The van der Waals surface area contributed by atoms with Crippen molar-refractivity contribution in [3.8, 4) is 5.69 Å². The van der Waals surface area contributed by atoms with Gasteiger partial charge >= 0.3 is 6.18 Å². The summed E-state index contributed by atoms with van der Waals surface area (Å²) in [4.78, 5) is 12.3. The molecule has 0 bridgehead atoms. The molecule has 1 atom stereocenters. The number of rotatable bonds is 8. The van der Waals surface area contributed by atoms with Gasteiger partial charge in [-0.1, -0.05) is 17.7 Å². The molecule has 1 N–H and O–H groups in total. The van der Waals surface area contributed by atoms with Crippen LogP contribution in [-0.4, -0.2) is 48.2 Å². The minimum absolute atomic E-state index is 0.108. The van der Waals surface area contributed by atoms with Gasteiger partial charge in [0.1, 0.15) is 0 Å². The second-order valence-electron chi connectivity index (χ2n) is 6.62. The zero-order valence-electron chi connectivity index (χ0n) is 15.5. The average Bonchev–Trinajstić information content (AvgIpc) is 3.33. The van der Waals surface area contributed by atoms with Gasteiger partial charge in [-0.25, -0.2) is 4.68 Å². The number of aromatic nitrogens is 2. The van der Waals surface area contributed by atoms with E-state index in [1.807, 2.05) is 0 Å². The number of benzene rings is 1. The Hall–Kier alpha value is -2.10. The third kappa shape index (κ3) is 5.71. The second-order valence-corrected chi connectivity index (χ2v) is 7.05. The van der Waals surface area contributed by atoms with E-state index in [2.05, 4.69) is 10.4 Å². The smallest absolute Gasteiger partial charge is 0.379 e. The lowest BCUT2D eigenvalue weighted by atomic mass is 10.2. The van der Waals surface area contributed by atoms with E-state index in [1.54, 1.807) is 0 Å². The van der Waals surface area contributed by atoms with Crippen molar-refractivity contribution >= 4 is 17.5 Å². The van der Waals surface area contributed by atoms with E-state index < -0.39 is 23.3 Å². The summed E-state index contributed by atoms with van der Waals surface area (Å²) in [6, 6.07) is 5.82. The summed E-state index contributed by atoms with van der Waals surface area (Å²) in [6.45, 7) is 1.80. The number of nitrogens with one attached hydrogen (secondary N) is 1. The molecular weight excluding hydrogens is 411 g/mol. The van der Waals surface area contributed by atoms with Crippen molar-refractivity contribution in [1.29, 1.82) is 0 Å². The zero-order chi connectivity index (χ0) is 20.9. The van der Waals surface area contributed by atoms with Crippen molar-refractivity contribution < 1.29 is 27.4 Å². The van der Waals surface area contributed by atoms with Crippen molar-refractivity contribution in [2.75, 3.05) is 26.4 Å². The van der Waals surface area contributed by atoms with Crippen LogP contribution in [0.3, 0.4) is 0 Å². The van der Waals surface area contributed by atoms with Crippen LogP contribution in [0.1, 0.15) is 35.3 Å². The van der Waals surface area contributed by atoms with Crippen LogP contribution in [0.25, 0.3) is 5.69 Å². The lowest BCUT2D eigenvalue weighted by Gasteiger charge is -2.13. The number of halogens is 4. The van der Waals surface area contributed by atoms with Crippen molar-refractivity contribution in [3.05, 3.63) is 46.7 Å². The highest BCUT2D eigenvalue weighted by atomic mass is 35.5. The standard InChI is InChI=1S/C19H21ClF3N3O3/c20-13-4-1-5-14(10-13)26-17(19(21,22)23)16(11-25-26)18(27)24-7-3-8-28-12-15-6-2-9-29-15/h1,4-5,10-11,15H,2-3,6-9,12H2,(H,24,27). The van der Waals surface area contributed by atoms with Gasteiger partial charge in [-0.05, 0) is 37.5 Å². The van der Waals surface area contributed by atoms with E-state index in [1.165, 1.54) is 24.3 Å². The van der Waals surface area contributed by atoms with Crippen LogP contribution < -0.4 is 5.32 Å². The molecule has 29 heavy (non-hydrogen) atoms. The van der Waals surface area contributed by atoms with Crippen LogP contribution in [-0.2, 0) is 15.7 Å². The Labute approximate surface area is 170 Å². The van der Waals surface area contributed by atoms with E-state index >= 15 is 0 Å². The number of carbonyl (C=O) groups is 1. The maximum atomic E-state index is 13.6. The number of hydrogen-bond donors (Lipinski definition) is 1. The van der Waals surface area contributed by atoms with Crippen LogP contribution in [0.4, 0.5) is 13.2 Å². The predicted octanol–water partition coefficient (Wildman–Crippen LogP) is 3.86. The summed E-state index contributed by atoms with van der Waals surface area (Å²) in [5.41, 5.74) is -1.57. The fraction of sp³-hybridized carbons (Fsp3) is 0.474. The summed E-state index contributed by atoms with van der Waals surface area (Å²) in [5, 5.41) is 6.51. The van der Waals surface area contributed by atoms with Crippen molar-refractivity contribution in [2.24, 2.45) is 0 Å². The molecule has 1 fully saturated rings. The lowest BCUT2D eigenvalue weighted by Crippen LogP contribution is -2.28. The lowest BCUT2D eigenvalue weighted by molar-refractivity contribution is -0.143. The molecule has 1 aliphatic rings. The minimum atomic E-state index is -4.77. The molecule has 0 saturated carbocycles. The molecule has 0 radical (unpaired) electrons. The van der Waals surface area contributed by atoms with Gasteiger partial charge in [-0.15, -0.1) is 0 Å². The van der Waals surface area contributed by atoms with Crippen LogP contribution in [0.2, 0.25) is 5.02 Å². The van der Waals surface area contributed by atoms with E-state index in [0.717, 1.165) is 25.6 Å². The number of alkyl halides is 3. The summed E-state index contributed by atoms with van der Waals surface area (Å²) < 4.78 is 52.4. The number of nitrogens with zero attached hydrogens (tertiary/aromatic N) is 2. The molecule has 1 aromatic carbocycles. The molecule has 2 heterocycles. The molecule has 10 heteroatoms. The first-order valence-corrected chi connectivity index (χ1v) is 9.63. The summed E-state index contributed by atoms with van der Waals surface area (Å²) >= 11 is 5.86. The van der Waals surface area contributed by atoms with Gasteiger partial charge in [0, 0.05) is 24.8 Å². The molecule has 1 aromatic heterocycles. The molecule has 1 amide bonds. The molecule has 0 aliphatic carbocycles.